The van der Waals surface area contributed by atoms with E-state index in [4.69, 9.17) is 49.5 Å². The molecular weight excluding hydrogens is 349 g/mol. The molecule has 0 atom stereocenters. The predicted octanol–water partition coefficient (Wildman–Crippen LogP) is 5.04. The molecule has 0 aliphatic rings. The van der Waals surface area contributed by atoms with E-state index in [1.165, 1.54) is 13.3 Å². The molecule has 2 aromatic carbocycles. The summed E-state index contributed by atoms with van der Waals surface area (Å²) in [5, 5.41) is 12.9. The van der Waals surface area contributed by atoms with Gasteiger partial charge in [0.15, 0.2) is 11.5 Å². The zero-order valence-corrected chi connectivity index (χ0v) is 13.8. The van der Waals surface area contributed by atoms with Crippen LogP contribution in [0.25, 0.3) is 0 Å². The quantitative estimate of drug-likeness (QED) is 0.351. The Hall–Kier alpha value is -1.62. The molecule has 2 aromatic rings. The van der Waals surface area contributed by atoms with Gasteiger partial charge in [0.25, 0.3) is 0 Å². The monoisotopic (exact) mass is 359 g/mol. The molecule has 0 unspecified atom stereocenters. The van der Waals surface area contributed by atoms with Crippen molar-refractivity contribution in [3.63, 3.8) is 0 Å². The van der Waals surface area contributed by atoms with Crippen LogP contribution >= 0.6 is 34.8 Å². The van der Waals surface area contributed by atoms with Gasteiger partial charge < -0.3 is 14.7 Å². The summed E-state index contributed by atoms with van der Waals surface area (Å²) < 4.78 is 11.0. The zero-order chi connectivity index (χ0) is 16.1. The van der Waals surface area contributed by atoms with Gasteiger partial charge in [0.05, 0.1) is 23.4 Å². The maximum Gasteiger partial charge on any atom is 0.170 e. The van der Waals surface area contributed by atoms with E-state index in [1.54, 1.807) is 30.3 Å². The fourth-order valence-corrected chi connectivity index (χ4v) is 2.51. The third-order valence-corrected chi connectivity index (χ3v) is 4.12. The highest BCUT2D eigenvalue weighted by Crippen LogP contribution is 2.35. The van der Waals surface area contributed by atoms with Crippen molar-refractivity contribution in [3.8, 4) is 11.5 Å². The van der Waals surface area contributed by atoms with E-state index in [0.717, 1.165) is 0 Å². The van der Waals surface area contributed by atoms with Crippen molar-refractivity contribution in [1.29, 1.82) is 0 Å². The Morgan fingerprint density at radius 2 is 1.86 bits per heavy atom. The molecule has 0 spiro atoms. The molecule has 2 rings (SSSR count). The molecule has 0 radical (unpaired) electrons. The first-order valence-corrected chi connectivity index (χ1v) is 7.31. The van der Waals surface area contributed by atoms with Crippen LogP contribution in [0.4, 0.5) is 0 Å². The van der Waals surface area contributed by atoms with Crippen LogP contribution in [0.15, 0.2) is 35.5 Å². The lowest BCUT2D eigenvalue weighted by Gasteiger charge is -2.14. The third-order valence-electron chi connectivity index (χ3n) is 2.93. The van der Waals surface area contributed by atoms with Crippen molar-refractivity contribution in [2.75, 3.05) is 7.11 Å². The zero-order valence-electron chi connectivity index (χ0n) is 11.5. The van der Waals surface area contributed by atoms with Crippen LogP contribution in [0.3, 0.4) is 0 Å². The van der Waals surface area contributed by atoms with Gasteiger partial charge in [0.1, 0.15) is 6.61 Å². The first kappa shape index (κ1) is 16.7. The second-order valence-corrected chi connectivity index (χ2v) is 5.43. The average Bonchev–Trinajstić information content (AvgIpc) is 2.52. The minimum atomic E-state index is 0.0882. The molecule has 0 aliphatic carbocycles. The van der Waals surface area contributed by atoms with Gasteiger partial charge in [-0.05, 0) is 24.3 Å². The van der Waals surface area contributed by atoms with Gasteiger partial charge in [-0.2, -0.15) is 0 Å². The van der Waals surface area contributed by atoms with Crippen molar-refractivity contribution < 1.29 is 14.7 Å². The lowest BCUT2D eigenvalue weighted by atomic mass is 10.2. The minimum absolute atomic E-state index is 0.0882. The van der Waals surface area contributed by atoms with Crippen LogP contribution in [0.2, 0.25) is 15.1 Å². The largest absolute Gasteiger partial charge is 0.493 e. The number of hydrogen-bond donors (Lipinski definition) is 1. The number of halogens is 3. The maximum absolute atomic E-state index is 8.73. The van der Waals surface area contributed by atoms with Gasteiger partial charge in [0, 0.05) is 16.1 Å². The van der Waals surface area contributed by atoms with Crippen molar-refractivity contribution in [2.24, 2.45) is 5.16 Å². The lowest BCUT2D eigenvalue weighted by molar-refractivity contribution is 0.283. The highest BCUT2D eigenvalue weighted by molar-refractivity contribution is 6.44. The highest BCUT2D eigenvalue weighted by Gasteiger charge is 2.14. The molecule has 116 valence electrons. The smallest absolute Gasteiger partial charge is 0.170 e. The number of methoxy groups -OCH3 is 1. The van der Waals surface area contributed by atoms with Crippen molar-refractivity contribution >= 4 is 41.0 Å². The minimum Gasteiger partial charge on any atom is -0.493 e. The number of nitrogens with zero attached hydrogens (tertiary/aromatic N) is 1. The highest BCUT2D eigenvalue weighted by atomic mass is 35.5. The molecule has 0 fully saturated rings. The first-order valence-electron chi connectivity index (χ1n) is 6.18. The third kappa shape index (κ3) is 3.58. The fourth-order valence-electron chi connectivity index (χ4n) is 1.86. The normalized spacial score (nSPS) is 10.9. The summed E-state index contributed by atoms with van der Waals surface area (Å²) in [6.45, 7) is 0.0882. The van der Waals surface area contributed by atoms with Gasteiger partial charge in [0.2, 0.25) is 0 Å². The lowest BCUT2D eigenvalue weighted by Crippen LogP contribution is -2.02. The van der Waals surface area contributed by atoms with E-state index in [0.29, 0.717) is 37.7 Å². The Kier molecular flexibility index (Phi) is 5.77. The van der Waals surface area contributed by atoms with E-state index in [2.05, 4.69) is 5.16 Å². The van der Waals surface area contributed by atoms with Crippen LogP contribution < -0.4 is 9.47 Å². The number of oxime groups is 1. The van der Waals surface area contributed by atoms with E-state index < -0.39 is 0 Å². The Morgan fingerprint density at radius 1 is 1.14 bits per heavy atom. The van der Waals surface area contributed by atoms with E-state index in [9.17, 15) is 0 Å². The molecule has 0 aliphatic heterocycles. The number of hydrogen-bond acceptors (Lipinski definition) is 4. The van der Waals surface area contributed by atoms with Crippen LogP contribution in [0, 0.1) is 0 Å². The molecule has 0 aromatic heterocycles. The topological polar surface area (TPSA) is 51.0 Å². The molecule has 1 N–H and O–H groups in total. The number of benzene rings is 2. The second kappa shape index (κ2) is 7.58. The van der Waals surface area contributed by atoms with E-state index >= 15 is 0 Å². The number of rotatable bonds is 5. The molecule has 0 bridgehead atoms. The summed E-state index contributed by atoms with van der Waals surface area (Å²) in [6, 6.07) is 8.46. The summed E-state index contributed by atoms with van der Waals surface area (Å²) in [5.41, 5.74) is 1.12. The first-order chi connectivity index (χ1) is 10.6. The number of ether oxygens (including phenoxy) is 2. The number of para-hydroxylation sites is 1. The molecule has 0 amide bonds. The standard InChI is InChI=1S/C15H12Cl3NO3/c1-21-13-4-2-3-9(7-19-20)15(13)22-8-10-11(16)5-6-12(17)14(10)18/h2-7,20H,8H2,1H3. The van der Waals surface area contributed by atoms with Gasteiger partial charge in [-0.25, -0.2) is 0 Å². The van der Waals surface area contributed by atoms with Crippen LogP contribution in [0.5, 0.6) is 11.5 Å². The predicted molar refractivity (Wildman–Crippen MR) is 88.2 cm³/mol. The molecule has 0 saturated heterocycles. The Labute approximate surface area is 142 Å². The summed E-state index contributed by atoms with van der Waals surface area (Å²) in [6.07, 6.45) is 1.25. The van der Waals surface area contributed by atoms with E-state index in [-0.39, 0.29) is 6.61 Å². The van der Waals surface area contributed by atoms with Gasteiger partial charge in [-0.1, -0.05) is 46.0 Å². The van der Waals surface area contributed by atoms with Gasteiger partial charge in [-0.3, -0.25) is 0 Å². The molecule has 0 heterocycles. The Bertz CT molecular complexity index is 705. The SMILES string of the molecule is COc1cccc(C=NO)c1OCc1c(Cl)ccc(Cl)c1Cl. The van der Waals surface area contributed by atoms with Crippen LogP contribution in [0.1, 0.15) is 11.1 Å². The molecule has 7 heteroatoms. The van der Waals surface area contributed by atoms with Gasteiger partial charge in [-0.15, -0.1) is 0 Å². The van der Waals surface area contributed by atoms with Crippen LogP contribution in [-0.2, 0) is 6.61 Å². The fraction of sp³-hybridized carbons (Fsp3) is 0.133. The van der Waals surface area contributed by atoms with Crippen LogP contribution in [-0.4, -0.2) is 18.5 Å². The average molecular weight is 361 g/mol. The Balaban J connectivity index is 2.34. The summed E-state index contributed by atoms with van der Waals surface area (Å²) >= 11 is 18.2. The second-order valence-electron chi connectivity index (χ2n) is 4.23. The Morgan fingerprint density at radius 3 is 2.55 bits per heavy atom. The van der Waals surface area contributed by atoms with Crippen molar-refractivity contribution in [3.05, 3.63) is 56.5 Å². The van der Waals surface area contributed by atoms with Crippen molar-refractivity contribution in [2.45, 2.75) is 6.61 Å². The summed E-state index contributed by atoms with van der Waals surface area (Å²) in [5.74, 6) is 0.904. The molecule has 4 nitrogen and oxygen atoms in total. The summed E-state index contributed by atoms with van der Waals surface area (Å²) in [4.78, 5) is 0. The summed E-state index contributed by atoms with van der Waals surface area (Å²) in [7, 11) is 1.52. The molecule has 0 saturated carbocycles. The maximum atomic E-state index is 8.73. The van der Waals surface area contributed by atoms with Crippen molar-refractivity contribution in [1.82, 2.24) is 0 Å². The molecular formula is C15H12Cl3NO3. The molecule has 22 heavy (non-hydrogen) atoms. The van der Waals surface area contributed by atoms with Gasteiger partial charge >= 0.3 is 0 Å². The van der Waals surface area contributed by atoms with E-state index in [1.807, 2.05) is 0 Å².